The predicted molar refractivity (Wildman–Crippen MR) is 52.6 cm³/mol. The molecule has 0 aliphatic heterocycles. The Morgan fingerprint density at radius 1 is 1.38 bits per heavy atom. The molecule has 0 bridgehead atoms. The van der Waals surface area contributed by atoms with Crippen LogP contribution in [-0.2, 0) is 6.18 Å². The summed E-state index contributed by atoms with van der Waals surface area (Å²) < 4.78 is 38.5. The Hall–Kier alpha value is -1.02. The van der Waals surface area contributed by atoms with Crippen LogP contribution >= 0.6 is 23.4 Å². The molecule has 0 aliphatic rings. The number of halogens is 4. The van der Waals surface area contributed by atoms with Crippen molar-refractivity contribution in [1.82, 2.24) is 19.6 Å². The van der Waals surface area contributed by atoms with Crippen LogP contribution in [0.2, 0.25) is 5.28 Å². The van der Waals surface area contributed by atoms with Gasteiger partial charge in [-0.25, -0.2) is 4.98 Å². The molecule has 0 atom stereocenters. The van der Waals surface area contributed by atoms with Crippen molar-refractivity contribution in [2.45, 2.75) is 11.3 Å². The minimum absolute atomic E-state index is 0.148. The van der Waals surface area contributed by atoms with Gasteiger partial charge in [-0.3, -0.25) is 0 Å². The molecule has 0 saturated carbocycles. The van der Waals surface area contributed by atoms with Crippen LogP contribution < -0.4 is 0 Å². The van der Waals surface area contributed by atoms with Crippen molar-refractivity contribution in [2.24, 2.45) is 0 Å². The number of fused-ring (bicyclic) bond motifs is 1. The van der Waals surface area contributed by atoms with Crippen LogP contribution in [-0.4, -0.2) is 25.8 Å². The van der Waals surface area contributed by atoms with Gasteiger partial charge in [0.15, 0.2) is 10.8 Å². The van der Waals surface area contributed by atoms with Crippen LogP contribution in [0.3, 0.4) is 0 Å². The van der Waals surface area contributed by atoms with E-state index in [-0.39, 0.29) is 16.1 Å². The fourth-order valence-corrected chi connectivity index (χ4v) is 1.73. The summed E-state index contributed by atoms with van der Waals surface area (Å²) in [5.74, 6) is 0. The van der Waals surface area contributed by atoms with E-state index in [0.717, 1.165) is 16.3 Å². The van der Waals surface area contributed by atoms with Gasteiger partial charge < -0.3 is 0 Å². The molecular weight excluding hydrogens is 265 g/mol. The SMILES string of the molecule is CSc1nc(Cl)n2ncc(C(F)(F)F)c2n1. The molecule has 9 heteroatoms. The van der Waals surface area contributed by atoms with Crippen LogP contribution in [0.15, 0.2) is 11.4 Å². The quantitative estimate of drug-likeness (QED) is 0.746. The number of nitrogens with zero attached hydrogens (tertiary/aromatic N) is 4. The minimum atomic E-state index is -4.50. The highest BCUT2D eigenvalue weighted by atomic mass is 35.5. The van der Waals surface area contributed by atoms with Crippen molar-refractivity contribution < 1.29 is 13.2 Å². The standard InChI is InChI=1S/C7H4ClF3N4S/c1-16-6-13-4-3(7(9,10)11)2-12-15(4)5(8)14-6/h2H,1H3. The molecule has 2 aromatic heterocycles. The molecule has 86 valence electrons. The van der Waals surface area contributed by atoms with E-state index < -0.39 is 11.7 Å². The van der Waals surface area contributed by atoms with Crippen LogP contribution in [0, 0.1) is 0 Å². The Morgan fingerprint density at radius 3 is 2.62 bits per heavy atom. The van der Waals surface area contributed by atoms with E-state index in [4.69, 9.17) is 11.6 Å². The summed E-state index contributed by atoms with van der Waals surface area (Å²) in [6.45, 7) is 0. The van der Waals surface area contributed by atoms with E-state index in [0.29, 0.717) is 6.20 Å². The van der Waals surface area contributed by atoms with Gasteiger partial charge in [0.1, 0.15) is 5.56 Å². The first-order valence-electron chi connectivity index (χ1n) is 3.96. The van der Waals surface area contributed by atoms with Gasteiger partial charge in [-0.15, -0.1) is 0 Å². The molecule has 0 aromatic carbocycles. The molecule has 2 heterocycles. The van der Waals surface area contributed by atoms with Crippen LogP contribution in [0.4, 0.5) is 13.2 Å². The maximum atomic E-state index is 12.6. The third-order valence-corrected chi connectivity index (χ3v) is 2.59. The second kappa shape index (κ2) is 3.77. The number of aromatic nitrogens is 4. The lowest BCUT2D eigenvalue weighted by Gasteiger charge is -2.04. The normalized spacial score (nSPS) is 12.3. The number of rotatable bonds is 1. The van der Waals surface area contributed by atoms with E-state index in [2.05, 4.69) is 15.1 Å². The zero-order valence-electron chi connectivity index (χ0n) is 7.79. The maximum Gasteiger partial charge on any atom is 0.421 e. The van der Waals surface area contributed by atoms with Crippen LogP contribution in [0.1, 0.15) is 5.56 Å². The highest BCUT2D eigenvalue weighted by molar-refractivity contribution is 7.98. The second-order valence-corrected chi connectivity index (χ2v) is 3.88. The van der Waals surface area contributed by atoms with E-state index in [1.807, 2.05) is 0 Å². The Balaban J connectivity index is 2.75. The highest BCUT2D eigenvalue weighted by Crippen LogP contribution is 2.32. The molecule has 0 N–H and O–H groups in total. The van der Waals surface area contributed by atoms with Crippen molar-refractivity contribution in [2.75, 3.05) is 6.26 Å². The number of thioether (sulfide) groups is 1. The van der Waals surface area contributed by atoms with Gasteiger partial charge in [0.2, 0.25) is 5.28 Å². The molecule has 2 aromatic rings. The molecule has 2 rings (SSSR count). The number of alkyl halides is 3. The number of hydrogen-bond donors (Lipinski definition) is 0. The molecule has 0 saturated heterocycles. The lowest BCUT2D eigenvalue weighted by atomic mass is 10.3. The van der Waals surface area contributed by atoms with Gasteiger partial charge in [0.25, 0.3) is 0 Å². The first-order valence-corrected chi connectivity index (χ1v) is 5.56. The summed E-state index contributed by atoms with van der Waals surface area (Å²) in [6.07, 6.45) is -2.18. The smallest absolute Gasteiger partial charge is 0.202 e. The molecule has 16 heavy (non-hydrogen) atoms. The third-order valence-electron chi connectivity index (χ3n) is 1.80. The third kappa shape index (κ3) is 1.82. The summed E-state index contributed by atoms with van der Waals surface area (Å²) in [5.41, 5.74) is -1.26. The van der Waals surface area contributed by atoms with Crippen molar-refractivity contribution >= 4 is 29.0 Å². The largest absolute Gasteiger partial charge is 0.421 e. The molecule has 0 unspecified atom stereocenters. The average Bonchev–Trinajstić information content (AvgIpc) is 2.60. The summed E-state index contributed by atoms with van der Waals surface area (Å²) in [6, 6.07) is 0. The zero-order chi connectivity index (χ0) is 11.9. The van der Waals surface area contributed by atoms with Gasteiger partial charge in [0, 0.05) is 0 Å². The van der Waals surface area contributed by atoms with Gasteiger partial charge in [0.05, 0.1) is 6.20 Å². The van der Waals surface area contributed by atoms with Gasteiger partial charge >= 0.3 is 6.18 Å². The molecule has 0 amide bonds. The molecule has 4 nitrogen and oxygen atoms in total. The van der Waals surface area contributed by atoms with E-state index in [1.54, 1.807) is 6.26 Å². The molecular formula is C7H4ClF3N4S. The fourth-order valence-electron chi connectivity index (χ4n) is 1.12. The lowest BCUT2D eigenvalue weighted by Crippen LogP contribution is -2.06. The topological polar surface area (TPSA) is 43.1 Å². The van der Waals surface area contributed by atoms with E-state index in [1.165, 1.54) is 0 Å². The van der Waals surface area contributed by atoms with Crippen molar-refractivity contribution in [3.8, 4) is 0 Å². The maximum absolute atomic E-state index is 12.6. The van der Waals surface area contributed by atoms with Crippen LogP contribution in [0.5, 0.6) is 0 Å². The first kappa shape index (κ1) is 11.5. The highest BCUT2D eigenvalue weighted by Gasteiger charge is 2.35. The Labute approximate surface area is 96.8 Å². The van der Waals surface area contributed by atoms with Crippen molar-refractivity contribution in [1.29, 1.82) is 0 Å². The molecule has 0 fully saturated rings. The monoisotopic (exact) mass is 268 g/mol. The summed E-state index contributed by atoms with van der Waals surface area (Å²) in [4.78, 5) is 7.49. The number of hydrogen-bond acceptors (Lipinski definition) is 4. The van der Waals surface area contributed by atoms with Gasteiger partial charge in [-0.2, -0.15) is 27.8 Å². The lowest BCUT2D eigenvalue weighted by molar-refractivity contribution is -0.136. The average molecular weight is 269 g/mol. The molecule has 0 radical (unpaired) electrons. The Bertz CT molecular complexity index is 538. The summed E-state index contributed by atoms with van der Waals surface area (Å²) in [5, 5.41) is 3.51. The van der Waals surface area contributed by atoms with Crippen molar-refractivity contribution in [3.63, 3.8) is 0 Å². The first-order chi connectivity index (χ1) is 7.43. The van der Waals surface area contributed by atoms with Crippen molar-refractivity contribution in [3.05, 3.63) is 17.0 Å². The second-order valence-electron chi connectivity index (χ2n) is 2.77. The zero-order valence-corrected chi connectivity index (χ0v) is 9.36. The minimum Gasteiger partial charge on any atom is -0.202 e. The predicted octanol–water partition coefficient (Wildman–Crippen LogP) is 2.52. The molecule has 0 spiro atoms. The van der Waals surface area contributed by atoms with Crippen LogP contribution in [0.25, 0.3) is 5.65 Å². The summed E-state index contributed by atoms with van der Waals surface area (Å²) >= 11 is 6.78. The Kier molecular flexibility index (Phi) is 2.70. The Morgan fingerprint density at radius 2 is 2.06 bits per heavy atom. The van der Waals surface area contributed by atoms with Gasteiger partial charge in [-0.05, 0) is 17.9 Å². The van der Waals surface area contributed by atoms with Gasteiger partial charge in [-0.1, -0.05) is 11.8 Å². The fraction of sp³-hybridized carbons (Fsp3) is 0.286. The summed E-state index contributed by atoms with van der Waals surface area (Å²) in [7, 11) is 0. The van der Waals surface area contributed by atoms with E-state index in [9.17, 15) is 13.2 Å². The van der Waals surface area contributed by atoms with E-state index >= 15 is 0 Å². The molecule has 0 aliphatic carbocycles.